The zero-order valence-electron chi connectivity index (χ0n) is 12.6. The SMILES string of the molecule is O=C(Nc1ccc(-n2cccn2)c(Cl)c1)N[C@@H](CCO)C1CC1. The number of carbonyl (C=O) groups is 1. The minimum absolute atomic E-state index is 0.0267. The van der Waals surface area contributed by atoms with Crippen molar-refractivity contribution in [2.75, 3.05) is 11.9 Å². The molecule has 122 valence electrons. The van der Waals surface area contributed by atoms with Crippen LogP contribution < -0.4 is 10.6 Å². The highest BCUT2D eigenvalue weighted by Gasteiger charge is 2.31. The molecule has 0 unspecified atom stereocenters. The normalized spacial score (nSPS) is 15.2. The smallest absolute Gasteiger partial charge is 0.319 e. The molecule has 1 aromatic carbocycles. The molecule has 1 aliphatic carbocycles. The van der Waals surface area contributed by atoms with E-state index in [0.717, 1.165) is 18.5 Å². The predicted molar refractivity (Wildman–Crippen MR) is 88.9 cm³/mol. The summed E-state index contributed by atoms with van der Waals surface area (Å²) in [5.74, 6) is 0.485. The van der Waals surface area contributed by atoms with Gasteiger partial charge in [-0.2, -0.15) is 5.10 Å². The molecular weight excluding hydrogens is 316 g/mol. The fraction of sp³-hybridized carbons (Fsp3) is 0.375. The standard InChI is InChI=1S/C16H19ClN4O2/c17-13-10-12(4-5-15(13)21-8-1-7-18-21)19-16(23)20-14(6-9-22)11-2-3-11/h1,4-5,7-8,10-11,14,22H,2-3,6,9H2,(H2,19,20,23)/t14-/m0/s1. The molecule has 0 radical (unpaired) electrons. The second kappa shape index (κ2) is 7.02. The van der Waals surface area contributed by atoms with Crippen LogP contribution in [0.5, 0.6) is 0 Å². The van der Waals surface area contributed by atoms with E-state index in [1.54, 1.807) is 35.3 Å². The van der Waals surface area contributed by atoms with Gasteiger partial charge < -0.3 is 15.7 Å². The van der Waals surface area contributed by atoms with E-state index in [1.165, 1.54) is 0 Å². The molecule has 7 heteroatoms. The maximum atomic E-state index is 12.1. The topological polar surface area (TPSA) is 79.2 Å². The molecule has 1 fully saturated rings. The van der Waals surface area contributed by atoms with Crippen molar-refractivity contribution in [1.29, 1.82) is 0 Å². The van der Waals surface area contributed by atoms with Crippen molar-refractivity contribution in [1.82, 2.24) is 15.1 Å². The Morgan fingerprint density at radius 1 is 1.48 bits per heavy atom. The average molecular weight is 335 g/mol. The average Bonchev–Trinajstić information content (AvgIpc) is 3.23. The zero-order chi connectivity index (χ0) is 16.2. The number of rotatable bonds is 6. The molecule has 1 atom stereocenters. The van der Waals surface area contributed by atoms with Crippen LogP contribution in [0, 0.1) is 5.92 Å². The third-order valence-electron chi connectivity index (χ3n) is 3.90. The Balaban J connectivity index is 1.63. The second-order valence-electron chi connectivity index (χ2n) is 5.67. The number of urea groups is 1. The molecular formula is C16H19ClN4O2. The van der Waals surface area contributed by atoms with Crippen molar-refractivity contribution in [2.24, 2.45) is 5.92 Å². The van der Waals surface area contributed by atoms with Crippen LogP contribution in [0.3, 0.4) is 0 Å². The Kier molecular flexibility index (Phi) is 4.83. The molecule has 2 aromatic rings. The van der Waals surface area contributed by atoms with E-state index in [0.29, 0.717) is 23.0 Å². The third kappa shape index (κ3) is 4.03. The highest BCUT2D eigenvalue weighted by molar-refractivity contribution is 6.32. The van der Waals surface area contributed by atoms with Crippen LogP contribution in [0.25, 0.3) is 5.69 Å². The number of nitrogens with zero attached hydrogens (tertiary/aromatic N) is 2. The summed E-state index contributed by atoms with van der Waals surface area (Å²) in [6.07, 6.45) is 6.27. The Bertz CT molecular complexity index is 671. The van der Waals surface area contributed by atoms with Gasteiger partial charge in [0.25, 0.3) is 0 Å². The van der Waals surface area contributed by atoms with Gasteiger partial charge in [-0.15, -0.1) is 0 Å². The minimum Gasteiger partial charge on any atom is -0.396 e. The Hall–Kier alpha value is -2.05. The number of aromatic nitrogens is 2. The molecule has 0 spiro atoms. The van der Waals surface area contributed by atoms with Crippen molar-refractivity contribution in [3.8, 4) is 5.69 Å². The van der Waals surface area contributed by atoms with Gasteiger partial charge in [-0.25, -0.2) is 9.48 Å². The number of benzene rings is 1. The number of aliphatic hydroxyl groups is 1. The monoisotopic (exact) mass is 334 g/mol. The highest BCUT2D eigenvalue weighted by atomic mass is 35.5. The lowest BCUT2D eigenvalue weighted by Crippen LogP contribution is -2.39. The van der Waals surface area contributed by atoms with E-state index in [4.69, 9.17) is 16.7 Å². The van der Waals surface area contributed by atoms with E-state index in [9.17, 15) is 4.79 Å². The van der Waals surface area contributed by atoms with Crippen molar-refractivity contribution in [3.05, 3.63) is 41.7 Å². The molecule has 2 amide bonds. The molecule has 3 rings (SSSR count). The van der Waals surface area contributed by atoms with E-state index < -0.39 is 0 Å². The van der Waals surface area contributed by atoms with Crippen molar-refractivity contribution >= 4 is 23.3 Å². The predicted octanol–water partition coefficient (Wildman–Crippen LogP) is 2.81. The largest absolute Gasteiger partial charge is 0.396 e. The number of carbonyl (C=O) groups excluding carboxylic acids is 1. The van der Waals surface area contributed by atoms with Crippen LogP contribution in [-0.2, 0) is 0 Å². The molecule has 3 N–H and O–H groups in total. The van der Waals surface area contributed by atoms with Crippen LogP contribution in [0.15, 0.2) is 36.7 Å². The summed E-state index contributed by atoms with van der Waals surface area (Å²) >= 11 is 6.25. The highest BCUT2D eigenvalue weighted by Crippen LogP contribution is 2.34. The number of halogens is 1. The first-order valence-corrected chi connectivity index (χ1v) is 8.03. The molecule has 1 aliphatic rings. The molecule has 1 heterocycles. The van der Waals surface area contributed by atoms with Crippen LogP contribution >= 0.6 is 11.6 Å². The Morgan fingerprint density at radius 3 is 2.91 bits per heavy atom. The molecule has 0 bridgehead atoms. The van der Waals surface area contributed by atoms with Crippen molar-refractivity contribution in [3.63, 3.8) is 0 Å². The number of hydrogen-bond donors (Lipinski definition) is 3. The van der Waals surface area contributed by atoms with Gasteiger partial charge in [0.1, 0.15) is 0 Å². The summed E-state index contributed by atoms with van der Waals surface area (Å²) < 4.78 is 1.66. The fourth-order valence-corrected chi connectivity index (χ4v) is 2.85. The van der Waals surface area contributed by atoms with Crippen LogP contribution in [-0.4, -0.2) is 33.6 Å². The van der Waals surface area contributed by atoms with Crippen LogP contribution in [0.1, 0.15) is 19.3 Å². The molecule has 0 aliphatic heterocycles. The molecule has 6 nitrogen and oxygen atoms in total. The Labute approximate surface area is 139 Å². The van der Waals surface area contributed by atoms with E-state index in [2.05, 4.69) is 15.7 Å². The van der Waals surface area contributed by atoms with E-state index >= 15 is 0 Å². The fourth-order valence-electron chi connectivity index (χ4n) is 2.58. The van der Waals surface area contributed by atoms with Gasteiger partial charge in [-0.1, -0.05) is 11.6 Å². The van der Waals surface area contributed by atoms with E-state index in [1.807, 2.05) is 6.07 Å². The number of anilines is 1. The summed E-state index contributed by atoms with van der Waals surface area (Å²) in [6.45, 7) is 0.0752. The Morgan fingerprint density at radius 2 is 2.30 bits per heavy atom. The number of nitrogens with one attached hydrogen (secondary N) is 2. The summed E-state index contributed by atoms with van der Waals surface area (Å²) in [6, 6.07) is 6.83. The second-order valence-corrected chi connectivity index (χ2v) is 6.08. The molecule has 1 saturated carbocycles. The lowest BCUT2D eigenvalue weighted by molar-refractivity contribution is 0.234. The number of aliphatic hydroxyl groups excluding tert-OH is 1. The van der Waals surface area contributed by atoms with Gasteiger partial charge in [0.2, 0.25) is 0 Å². The quantitative estimate of drug-likeness (QED) is 0.760. The van der Waals surface area contributed by atoms with Gasteiger partial charge in [0.15, 0.2) is 0 Å². The molecule has 1 aromatic heterocycles. The van der Waals surface area contributed by atoms with E-state index in [-0.39, 0.29) is 18.7 Å². The maximum Gasteiger partial charge on any atom is 0.319 e. The maximum absolute atomic E-state index is 12.1. The van der Waals surface area contributed by atoms with Gasteiger partial charge in [-0.05, 0) is 49.4 Å². The number of amides is 2. The zero-order valence-corrected chi connectivity index (χ0v) is 13.3. The first-order chi connectivity index (χ1) is 11.2. The van der Waals surface area contributed by atoms with Crippen LogP contribution in [0.2, 0.25) is 5.02 Å². The summed E-state index contributed by atoms with van der Waals surface area (Å²) in [4.78, 5) is 12.1. The minimum atomic E-state index is -0.279. The van der Waals surface area contributed by atoms with Crippen LogP contribution in [0.4, 0.5) is 10.5 Å². The van der Waals surface area contributed by atoms with Gasteiger partial charge in [0.05, 0.1) is 10.7 Å². The molecule has 0 saturated heterocycles. The van der Waals surface area contributed by atoms with Gasteiger partial charge in [0, 0.05) is 30.7 Å². The van der Waals surface area contributed by atoms with Crippen molar-refractivity contribution < 1.29 is 9.90 Å². The van der Waals surface area contributed by atoms with Crippen molar-refractivity contribution in [2.45, 2.75) is 25.3 Å². The molecule has 23 heavy (non-hydrogen) atoms. The summed E-state index contributed by atoms with van der Waals surface area (Å²) in [5.41, 5.74) is 1.36. The van der Waals surface area contributed by atoms with Gasteiger partial charge >= 0.3 is 6.03 Å². The lowest BCUT2D eigenvalue weighted by atomic mass is 10.1. The number of hydrogen-bond acceptors (Lipinski definition) is 3. The first kappa shape index (κ1) is 15.8. The summed E-state index contributed by atoms with van der Waals surface area (Å²) in [5, 5.41) is 19.4. The lowest BCUT2D eigenvalue weighted by Gasteiger charge is -2.18. The third-order valence-corrected chi connectivity index (χ3v) is 4.21. The first-order valence-electron chi connectivity index (χ1n) is 7.65. The van der Waals surface area contributed by atoms with Gasteiger partial charge in [-0.3, -0.25) is 0 Å². The summed E-state index contributed by atoms with van der Waals surface area (Å²) in [7, 11) is 0.